The van der Waals surface area contributed by atoms with Crippen molar-refractivity contribution in [1.29, 1.82) is 0 Å². The van der Waals surface area contributed by atoms with Crippen LogP contribution in [0.2, 0.25) is 0 Å². The number of hydrogen-bond donors (Lipinski definition) is 2. The van der Waals surface area contributed by atoms with Gasteiger partial charge in [-0.05, 0) is 32.0 Å². The van der Waals surface area contributed by atoms with Gasteiger partial charge in [0.25, 0.3) is 5.91 Å². The second-order valence-corrected chi connectivity index (χ2v) is 4.52. The molecular weight excluding hydrogens is 244 g/mol. The van der Waals surface area contributed by atoms with Crippen molar-refractivity contribution in [3.05, 3.63) is 47.7 Å². The van der Waals surface area contributed by atoms with Crippen LogP contribution in [0, 0.1) is 0 Å². The first-order valence-corrected chi connectivity index (χ1v) is 6.09. The number of aromatic amines is 1. The highest BCUT2D eigenvalue weighted by Crippen LogP contribution is 2.07. The highest BCUT2D eigenvalue weighted by Gasteiger charge is 2.14. The van der Waals surface area contributed by atoms with Crippen LogP contribution in [0.5, 0.6) is 0 Å². The Balaban J connectivity index is 1.94. The summed E-state index contributed by atoms with van der Waals surface area (Å²) in [6.45, 7) is 3.36. The summed E-state index contributed by atoms with van der Waals surface area (Å²) in [6, 6.07) is 5.18. The molecule has 5 nitrogen and oxygen atoms in total. The fourth-order valence-corrected chi connectivity index (χ4v) is 1.81. The van der Waals surface area contributed by atoms with E-state index in [-0.39, 0.29) is 17.7 Å². The monoisotopic (exact) mass is 260 g/mol. The average Bonchev–Trinajstić information content (AvgIpc) is 2.98. The molecule has 2 aromatic rings. The van der Waals surface area contributed by atoms with Gasteiger partial charge in [-0.15, -0.1) is 0 Å². The van der Waals surface area contributed by atoms with Gasteiger partial charge in [0.15, 0.2) is 5.78 Å². The molecule has 0 bridgehead atoms. The number of carbonyl (C=O) groups excluding carboxylic acids is 2. The van der Waals surface area contributed by atoms with Gasteiger partial charge < -0.3 is 14.7 Å². The predicted octanol–water partition coefficient (Wildman–Crippen LogP) is 2.17. The number of aromatic nitrogens is 1. The molecule has 2 N–H and O–H groups in total. The Kier molecular flexibility index (Phi) is 3.85. The van der Waals surface area contributed by atoms with Crippen molar-refractivity contribution in [2.75, 3.05) is 0 Å². The molecule has 2 rings (SSSR count). The third-order valence-electron chi connectivity index (χ3n) is 2.80. The van der Waals surface area contributed by atoms with Crippen LogP contribution in [0.4, 0.5) is 0 Å². The molecule has 0 fully saturated rings. The SMILES string of the molecule is CC(=O)c1c[nH]c(C(=O)N[C@H](C)Cc2ccco2)c1. The second kappa shape index (κ2) is 5.56. The van der Waals surface area contributed by atoms with Gasteiger partial charge >= 0.3 is 0 Å². The van der Waals surface area contributed by atoms with Crippen LogP contribution < -0.4 is 5.32 Å². The molecular formula is C14H16N2O3. The molecule has 0 saturated heterocycles. The highest BCUT2D eigenvalue weighted by molar-refractivity contribution is 5.99. The van der Waals surface area contributed by atoms with Crippen LogP contribution in [0.3, 0.4) is 0 Å². The molecule has 0 aliphatic heterocycles. The van der Waals surface area contributed by atoms with E-state index in [9.17, 15) is 9.59 Å². The lowest BCUT2D eigenvalue weighted by Crippen LogP contribution is -2.34. The third kappa shape index (κ3) is 3.34. The maximum Gasteiger partial charge on any atom is 0.267 e. The van der Waals surface area contributed by atoms with E-state index in [1.807, 2.05) is 19.1 Å². The molecule has 100 valence electrons. The van der Waals surface area contributed by atoms with Gasteiger partial charge in [-0.1, -0.05) is 0 Å². The lowest BCUT2D eigenvalue weighted by Gasteiger charge is -2.11. The fourth-order valence-electron chi connectivity index (χ4n) is 1.81. The first-order chi connectivity index (χ1) is 9.06. The molecule has 0 radical (unpaired) electrons. The van der Waals surface area contributed by atoms with E-state index >= 15 is 0 Å². The van der Waals surface area contributed by atoms with E-state index in [0.29, 0.717) is 17.7 Å². The number of hydrogen-bond acceptors (Lipinski definition) is 3. The summed E-state index contributed by atoms with van der Waals surface area (Å²) in [5.41, 5.74) is 0.889. The Hall–Kier alpha value is -2.30. The lowest BCUT2D eigenvalue weighted by molar-refractivity contribution is 0.0934. The Labute approximate surface area is 111 Å². The average molecular weight is 260 g/mol. The molecule has 2 heterocycles. The van der Waals surface area contributed by atoms with Gasteiger partial charge in [0.1, 0.15) is 11.5 Å². The van der Waals surface area contributed by atoms with Gasteiger partial charge in [-0.3, -0.25) is 9.59 Å². The number of amides is 1. The largest absolute Gasteiger partial charge is 0.469 e. The number of Topliss-reactive ketones (excluding diaryl/α,β-unsaturated/α-hetero) is 1. The van der Waals surface area contributed by atoms with Crippen LogP contribution in [0.15, 0.2) is 35.1 Å². The maximum absolute atomic E-state index is 11.9. The molecule has 0 aliphatic carbocycles. The molecule has 0 aliphatic rings. The van der Waals surface area contributed by atoms with Crippen LogP contribution >= 0.6 is 0 Å². The van der Waals surface area contributed by atoms with Crippen molar-refractivity contribution < 1.29 is 14.0 Å². The van der Waals surface area contributed by atoms with Gasteiger partial charge in [0.2, 0.25) is 0 Å². The number of carbonyl (C=O) groups is 2. The molecule has 5 heteroatoms. The van der Waals surface area contributed by atoms with Crippen molar-refractivity contribution in [3.8, 4) is 0 Å². The summed E-state index contributed by atoms with van der Waals surface area (Å²) in [4.78, 5) is 25.9. The highest BCUT2D eigenvalue weighted by atomic mass is 16.3. The standard InChI is InChI=1S/C14H16N2O3/c1-9(6-12-4-3-5-19-12)16-14(18)13-7-11(8-15-13)10(2)17/h3-5,7-9,15H,6H2,1-2H3,(H,16,18)/t9-/m1/s1. The second-order valence-electron chi connectivity index (χ2n) is 4.52. The zero-order valence-electron chi connectivity index (χ0n) is 10.9. The molecule has 19 heavy (non-hydrogen) atoms. The smallest absolute Gasteiger partial charge is 0.267 e. The summed E-state index contributed by atoms with van der Waals surface area (Å²) >= 11 is 0. The van der Waals surface area contributed by atoms with E-state index in [2.05, 4.69) is 10.3 Å². The Morgan fingerprint density at radius 1 is 1.47 bits per heavy atom. The topological polar surface area (TPSA) is 75.1 Å². The van der Waals surface area contributed by atoms with Crippen molar-refractivity contribution in [3.63, 3.8) is 0 Å². The first-order valence-electron chi connectivity index (χ1n) is 6.09. The molecule has 2 aromatic heterocycles. The zero-order chi connectivity index (χ0) is 13.8. The van der Waals surface area contributed by atoms with Gasteiger partial charge in [0, 0.05) is 24.2 Å². The molecule has 1 amide bonds. The van der Waals surface area contributed by atoms with Crippen molar-refractivity contribution in [2.24, 2.45) is 0 Å². The quantitative estimate of drug-likeness (QED) is 0.809. The van der Waals surface area contributed by atoms with Crippen LogP contribution in [0.25, 0.3) is 0 Å². The summed E-state index contributed by atoms with van der Waals surface area (Å²) in [6.07, 6.45) is 3.77. The predicted molar refractivity (Wildman–Crippen MR) is 70.1 cm³/mol. The van der Waals surface area contributed by atoms with Crippen molar-refractivity contribution >= 4 is 11.7 Å². The first kappa shape index (κ1) is 13.1. The van der Waals surface area contributed by atoms with E-state index in [4.69, 9.17) is 4.42 Å². The van der Waals surface area contributed by atoms with Gasteiger partial charge in [0.05, 0.1) is 6.26 Å². The summed E-state index contributed by atoms with van der Waals surface area (Å²) in [5.74, 6) is 0.522. The lowest BCUT2D eigenvalue weighted by atomic mass is 10.2. The van der Waals surface area contributed by atoms with Crippen LogP contribution in [0.1, 0.15) is 40.5 Å². The summed E-state index contributed by atoms with van der Waals surface area (Å²) in [7, 11) is 0. The molecule has 1 atom stereocenters. The summed E-state index contributed by atoms with van der Waals surface area (Å²) < 4.78 is 5.22. The van der Waals surface area contributed by atoms with Gasteiger partial charge in [-0.25, -0.2) is 0 Å². The number of furan rings is 1. The Morgan fingerprint density at radius 3 is 2.84 bits per heavy atom. The van der Waals surface area contributed by atoms with Crippen LogP contribution in [-0.4, -0.2) is 22.7 Å². The third-order valence-corrected chi connectivity index (χ3v) is 2.80. The summed E-state index contributed by atoms with van der Waals surface area (Å²) in [5, 5.41) is 2.85. The van der Waals surface area contributed by atoms with Gasteiger partial charge in [-0.2, -0.15) is 0 Å². The zero-order valence-corrected chi connectivity index (χ0v) is 10.9. The number of H-pyrrole nitrogens is 1. The number of nitrogens with one attached hydrogen (secondary N) is 2. The Bertz CT molecular complexity index is 569. The molecule has 0 saturated carbocycles. The van der Waals surface area contributed by atoms with Crippen LogP contribution in [-0.2, 0) is 6.42 Å². The van der Waals surface area contributed by atoms with E-state index in [1.165, 1.54) is 13.1 Å². The molecule has 0 spiro atoms. The normalized spacial score (nSPS) is 12.1. The minimum absolute atomic E-state index is 0.0530. The number of ketones is 1. The van der Waals surface area contributed by atoms with Crippen molar-refractivity contribution in [2.45, 2.75) is 26.3 Å². The minimum Gasteiger partial charge on any atom is -0.469 e. The minimum atomic E-state index is -0.230. The van der Waals surface area contributed by atoms with E-state index < -0.39 is 0 Å². The van der Waals surface area contributed by atoms with E-state index in [1.54, 1.807) is 12.3 Å². The fraction of sp³-hybridized carbons (Fsp3) is 0.286. The Morgan fingerprint density at radius 2 is 2.26 bits per heavy atom. The molecule has 0 unspecified atom stereocenters. The van der Waals surface area contributed by atoms with Crippen molar-refractivity contribution in [1.82, 2.24) is 10.3 Å². The van der Waals surface area contributed by atoms with E-state index in [0.717, 1.165) is 5.76 Å². The maximum atomic E-state index is 11.9. The number of rotatable bonds is 5. The molecule has 0 aromatic carbocycles.